The van der Waals surface area contributed by atoms with Crippen LogP contribution in [0.2, 0.25) is 0 Å². The Labute approximate surface area is 340 Å². The second-order valence-electron chi connectivity index (χ2n) is 13.8. The summed E-state index contributed by atoms with van der Waals surface area (Å²) in [6, 6.07) is 21.6. The molecule has 0 atom stereocenters. The number of hydrogen-bond acceptors (Lipinski definition) is 4. The molecule has 0 aromatic heterocycles. The summed E-state index contributed by atoms with van der Waals surface area (Å²) in [5.41, 5.74) is 8.50. The molecule has 0 aliphatic carbocycles. The Bertz CT molecular complexity index is 1250. The molecule has 1 radical (unpaired) electrons. The molecule has 0 N–H and O–H groups in total. The Morgan fingerprint density at radius 3 is 1.37 bits per heavy atom. The Morgan fingerprint density at radius 1 is 0.592 bits per heavy atom. The van der Waals surface area contributed by atoms with Crippen molar-refractivity contribution in [2.24, 2.45) is 4.99 Å². The predicted octanol–water partition coefficient (Wildman–Crippen LogP) is 5.89. The van der Waals surface area contributed by atoms with E-state index >= 15 is 0 Å². The minimum absolute atomic E-state index is 0. The van der Waals surface area contributed by atoms with E-state index in [-0.39, 0.29) is 61.7 Å². The summed E-state index contributed by atoms with van der Waals surface area (Å²) >= 11 is 0. The minimum atomic E-state index is 0. The summed E-state index contributed by atoms with van der Waals surface area (Å²) in [5.74, 6) is 2.74. The fourth-order valence-corrected chi connectivity index (χ4v) is 5.74. The van der Waals surface area contributed by atoms with Crippen molar-refractivity contribution in [1.82, 2.24) is 0 Å². The van der Waals surface area contributed by atoms with Crippen LogP contribution in [0.15, 0.2) is 65.7 Å². The van der Waals surface area contributed by atoms with E-state index in [0.29, 0.717) is 30.3 Å². The first-order chi connectivity index (χ1) is 22.2. The SMILES string of the molecule is C1CCOCC1.C1CCOCC1.CC(C)c1cccc(C(C)C)c1N=Cc1cccc(COc2c(C(C)C)cccc2C(C)C)c1.[Cl-].[Cl-].[Lu]. The van der Waals surface area contributed by atoms with Crippen LogP contribution in [0.3, 0.4) is 0 Å². The van der Waals surface area contributed by atoms with Crippen molar-refractivity contribution in [3.05, 3.63) is 94.0 Å². The van der Waals surface area contributed by atoms with Gasteiger partial charge in [0.15, 0.2) is 0 Å². The molecule has 5 rings (SSSR count). The van der Waals surface area contributed by atoms with Gasteiger partial charge >= 0.3 is 0 Å². The van der Waals surface area contributed by atoms with Crippen LogP contribution in [0.1, 0.15) is 151 Å². The van der Waals surface area contributed by atoms with E-state index in [9.17, 15) is 0 Å². The van der Waals surface area contributed by atoms with E-state index in [1.165, 1.54) is 60.8 Å². The number of benzene rings is 3. The fraction of sp³-hybridized carbons (Fsp3) is 0.548. The molecule has 7 heteroatoms. The van der Waals surface area contributed by atoms with Gasteiger partial charge in [-0.05, 0) is 102 Å². The topological polar surface area (TPSA) is 40.0 Å². The van der Waals surface area contributed by atoms with Gasteiger partial charge in [0.2, 0.25) is 0 Å². The molecule has 49 heavy (non-hydrogen) atoms. The molecule has 0 bridgehead atoms. The van der Waals surface area contributed by atoms with Crippen LogP contribution in [0, 0.1) is 36.9 Å². The van der Waals surface area contributed by atoms with Crippen molar-refractivity contribution in [3.8, 4) is 5.75 Å². The minimum Gasteiger partial charge on any atom is -1.00 e. The van der Waals surface area contributed by atoms with Gasteiger partial charge in [-0.15, -0.1) is 0 Å². The number of para-hydroxylation sites is 2. The van der Waals surface area contributed by atoms with E-state index in [4.69, 9.17) is 19.2 Å². The average Bonchev–Trinajstić information content (AvgIpc) is 3.08. The van der Waals surface area contributed by atoms with Crippen molar-refractivity contribution >= 4 is 11.9 Å². The monoisotopic (exact) mass is 872 g/mol. The van der Waals surface area contributed by atoms with Gasteiger partial charge in [0.05, 0.1) is 5.69 Å². The Balaban J connectivity index is 0.00000129. The molecular weight excluding hydrogens is 812 g/mol. The first-order valence-corrected chi connectivity index (χ1v) is 17.9. The zero-order valence-electron chi connectivity index (χ0n) is 31.1. The van der Waals surface area contributed by atoms with Crippen molar-refractivity contribution in [3.63, 3.8) is 0 Å². The predicted molar refractivity (Wildman–Crippen MR) is 197 cm³/mol. The van der Waals surface area contributed by atoms with Gasteiger partial charge in [0.25, 0.3) is 0 Å². The zero-order chi connectivity index (χ0) is 33.3. The summed E-state index contributed by atoms with van der Waals surface area (Å²) in [7, 11) is 0. The van der Waals surface area contributed by atoms with E-state index in [2.05, 4.69) is 116 Å². The van der Waals surface area contributed by atoms with Crippen molar-refractivity contribution in [2.45, 2.75) is 124 Å². The van der Waals surface area contributed by atoms with Crippen LogP contribution in [-0.4, -0.2) is 32.6 Å². The molecule has 2 fully saturated rings. The van der Waals surface area contributed by atoms with Crippen LogP contribution in [-0.2, 0) is 16.1 Å². The third-order valence-electron chi connectivity index (χ3n) is 8.49. The molecule has 4 nitrogen and oxygen atoms in total. The molecule has 2 aliphatic heterocycles. The number of hydrogen-bond donors (Lipinski definition) is 0. The third-order valence-corrected chi connectivity index (χ3v) is 8.49. The maximum atomic E-state index is 6.45. The molecule has 2 saturated heterocycles. The molecule has 3 aromatic rings. The van der Waals surface area contributed by atoms with Gasteiger partial charge in [0, 0.05) is 69.5 Å². The van der Waals surface area contributed by atoms with Crippen LogP contribution < -0.4 is 29.6 Å². The summed E-state index contributed by atoms with van der Waals surface area (Å²) < 4.78 is 16.6. The maximum absolute atomic E-state index is 6.45. The summed E-state index contributed by atoms with van der Waals surface area (Å²) in [6.07, 6.45) is 9.86. The number of halogens is 2. The summed E-state index contributed by atoms with van der Waals surface area (Å²) in [5, 5.41) is 0. The number of aliphatic imine (C=N–C) groups is 1. The Kier molecular flexibility index (Phi) is 26.0. The first kappa shape index (κ1) is 47.9. The smallest absolute Gasteiger partial charge is 0.126 e. The Morgan fingerprint density at radius 2 is 1.00 bits per heavy atom. The second kappa shape index (κ2) is 26.6. The summed E-state index contributed by atoms with van der Waals surface area (Å²) in [6.45, 7) is 22.4. The quantitative estimate of drug-likeness (QED) is 0.252. The number of nitrogens with zero attached hydrogens (tertiary/aromatic N) is 1. The number of ether oxygens (including phenoxy) is 3. The van der Waals surface area contributed by atoms with Crippen molar-refractivity contribution in [1.29, 1.82) is 0 Å². The van der Waals surface area contributed by atoms with E-state index < -0.39 is 0 Å². The molecule has 0 saturated carbocycles. The standard InChI is InChI=1S/C32H41NO.2C5H10O.2ClH.Lu/c1-21(2)27-14-10-15-28(22(3)4)31(27)33-19-25-12-9-13-26(18-25)20-34-32-29(23(5)6)16-11-17-30(32)24(7)8;2*1-2-4-6-5-3-1;;;/h9-19,21-24H,20H2,1-8H3;2*1-5H2;2*1H;/p-2. The normalized spacial score (nSPS) is 14.2. The zero-order valence-corrected chi connectivity index (χ0v) is 34.3. The van der Waals surface area contributed by atoms with Gasteiger partial charge in [-0.3, -0.25) is 4.99 Å². The molecule has 283 valence electrons. The van der Waals surface area contributed by atoms with Crippen LogP contribution >= 0.6 is 0 Å². The molecule has 0 unspecified atom stereocenters. The van der Waals surface area contributed by atoms with Crippen molar-refractivity contribution in [2.75, 3.05) is 26.4 Å². The van der Waals surface area contributed by atoms with Gasteiger partial charge < -0.3 is 39.0 Å². The van der Waals surface area contributed by atoms with E-state index in [1.807, 2.05) is 6.21 Å². The van der Waals surface area contributed by atoms with Crippen LogP contribution in [0.25, 0.3) is 0 Å². The number of rotatable bonds is 9. The molecular formula is C42H61Cl2LuNO3-2. The van der Waals surface area contributed by atoms with Crippen molar-refractivity contribution < 1.29 is 75.9 Å². The molecule has 2 aliphatic rings. The third kappa shape index (κ3) is 16.8. The molecule has 0 amide bonds. The largest absolute Gasteiger partial charge is 1.00 e. The van der Waals surface area contributed by atoms with E-state index in [0.717, 1.165) is 49.0 Å². The fourth-order valence-electron chi connectivity index (χ4n) is 5.74. The van der Waals surface area contributed by atoms with Gasteiger partial charge in [-0.25, -0.2) is 0 Å². The first-order valence-electron chi connectivity index (χ1n) is 17.9. The molecule has 3 aromatic carbocycles. The average molecular weight is 874 g/mol. The van der Waals surface area contributed by atoms with E-state index in [1.54, 1.807) is 0 Å². The Hall–Kier alpha value is -1.14. The summed E-state index contributed by atoms with van der Waals surface area (Å²) in [4.78, 5) is 4.99. The molecule has 2 heterocycles. The van der Waals surface area contributed by atoms with Gasteiger partial charge in [-0.2, -0.15) is 0 Å². The van der Waals surface area contributed by atoms with Crippen LogP contribution in [0.4, 0.5) is 5.69 Å². The molecule has 0 spiro atoms. The van der Waals surface area contributed by atoms with Gasteiger partial charge in [-0.1, -0.05) is 110 Å². The second-order valence-corrected chi connectivity index (χ2v) is 13.8. The maximum Gasteiger partial charge on any atom is 0.126 e. The van der Waals surface area contributed by atoms with Gasteiger partial charge in [0.1, 0.15) is 12.4 Å². The van der Waals surface area contributed by atoms with Crippen LogP contribution in [0.5, 0.6) is 5.75 Å².